The molecule has 0 amide bonds. The van der Waals surface area contributed by atoms with Gasteiger partial charge in [-0.2, -0.15) is 5.26 Å². The number of ether oxygens (including phenoxy) is 1. The largest absolute Gasteiger partial charge is 0.361 e. The Morgan fingerprint density at radius 3 is 2.80 bits per heavy atom. The van der Waals surface area contributed by atoms with Crippen molar-refractivity contribution in [1.29, 1.82) is 5.26 Å². The summed E-state index contributed by atoms with van der Waals surface area (Å²) in [5.41, 5.74) is 2.93. The fourth-order valence-electron chi connectivity index (χ4n) is 3.47. The minimum Gasteiger partial charge on any atom is -0.361 e. The molecule has 0 aliphatic carbocycles. The van der Waals surface area contributed by atoms with Gasteiger partial charge in [0.05, 0.1) is 24.6 Å². The summed E-state index contributed by atoms with van der Waals surface area (Å²) < 4.78 is 21.7. The number of halogens is 1. The van der Waals surface area contributed by atoms with Gasteiger partial charge >= 0.3 is 0 Å². The lowest BCUT2D eigenvalue weighted by atomic mass is 9.82. The van der Waals surface area contributed by atoms with E-state index in [-0.39, 0.29) is 5.82 Å². The summed E-state index contributed by atoms with van der Waals surface area (Å²) in [4.78, 5) is 4.08. The van der Waals surface area contributed by atoms with E-state index in [4.69, 9.17) is 10.00 Å². The molecule has 1 atom stereocenters. The van der Waals surface area contributed by atoms with Gasteiger partial charge in [-0.3, -0.25) is 0 Å². The van der Waals surface area contributed by atoms with Crippen LogP contribution in [0.1, 0.15) is 28.7 Å². The van der Waals surface area contributed by atoms with Gasteiger partial charge < -0.3 is 9.30 Å². The summed E-state index contributed by atoms with van der Waals surface area (Å²) >= 11 is 0. The molecule has 1 aliphatic rings. The molecule has 0 saturated heterocycles. The first-order valence-electron chi connectivity index (χ1n) is 8.10. The molecule has 1 aliphatic heterocycles. The standard InChI is InChI=1S/C20H16FN3O/c21-18-4-2-17(3-5-18)20(7-9-24-10-8-23-14-24)19-6-1-15(12-22)11-16(19)13-25-20/h1-6,8,10-11,14H,7,9,13H2. The van der Waals surface area contributed by atoms with Gasteiger partial charge in [0.1, 0.15) is 11.4 Å². The normalized spacial score (nSPS) is 18.7. The molecule has 0 spiro atoms. The van der Waals surface area contributed by atoms with E-state index in [1.807, 2.05) is 29.0 Å². The van der Waals surface area contributed by atoms with E-state index in [1.54, 1.807) is 24.7 Å². The van der Waals surface area contributed by atoms with Crippen LogP contribution in [0.2, 0.25) is 0 Å². The highest BCUT2D eigenvalue weighted by atomic mass is 19.1. The fourth-order valence-corrected chi connectivity index (χ4v) is 3.47. The van der Waals surface area contributed by atoms with Gasteiger partial charge in [0.25, 0.3) is 0 Å². The third-order valence-corrected chi connectivity index (χ3v) is 4.74. The molecule has 0 N–H and O–H groups in total. The molecule has 4 nitrogen and oxygen atoms in total. The van der Waals surface area contributed by atoms with Crippen molar-refractivity contribution < 1.29 is 9.13 Å². The number of fused-ring (bicyclic) bond motifs is 1. The lowest BCUT2D eigenvalue weighted by Gasteiger charge is -2.30. The minimum atomic E-state index is -0.651. The van der Waals surface area contributed by atoms with Crippen molar-refractivity contribution in [2.24, 2.45) is 0 Å². The second-order valence-corrected chi connectivity index (χ2v) is 6.16. The van der Waals surface area contributed by atoms with Crippen LogP contribution in [0.15, 0.2) is 61.2 Å². The Kier molecular flexibility index (Phi) is 3.83. The summed E-state index contributed by atoms with van der Waals surface area (Å²) in [6.45, 7) is 1.16. The van der Waals surface area contributed by atoms with E-state index >= 15 is 0 Å². The summed E-state index contributed by atoms with van der Waals surface area (Å²) in [6, 6.07) is 14.3. The minimum absolute atomic E-state index is 0.272. The Morgan fingerprint density at radius 1 is 1.24 bits per heavy atom. The summed E-state index contributed by atoms with van der Waals surface area (Å²) in [6.07, 6.45) is 6.11. The average molecular weight is 333 g/mol. The average Bonchev–Trinajstić information content (AvgIpc) is 3.28. The molecule has 25 heavy (non-hydrogen) atoms. The zero-order chi connectivity index (χ0) is 17.3. The molecule has 0 fully saturated rings. The van der Waals surface area contributed by atoms with E-state index in [9.17, 15) is 4.39 Å². The van der Waals surface area contributed by atoms with Gasteiger partial charge in [-0.1, -0.05) is 18.2 Å². The number of benzene rings is 2. The molecule has 124 valence electrons. The number of hydrogen-bond acceptors (Lipinski definition) is 3. The Hall–Kier alpha value is -2.97. The van der Waals surface area contributed by atoms with Crippen molar-refractivity contribution in [3.05, 3.63) is 89.3 Å². The van der Waals surface area contributed by atoms with Crippen molar-refractivity contribution in [3.8, 4) is 6.07 Å². The predicted octanol–water partition coefficient (Wildman–Crippen LogP) is 3.76. The van der Waals surface area contributed by atoms with Crippen LogP contribution in [0.5, 0.6) is 0 Å². The van der Waals surface area contributed by atoms with Gasteiger partial charge in [0, 0.05) is 25.4 Å². The lowest BCUT2D eigenvalue weighted by molar-refractivity contribution is -0.0146. The molecule has 4 rings (SSSR count). The molecule has 2 heterocycles. The molecular weight excluding hydrogens is 317 g/mol. The van der Waals surface area contributed by atoms with Crippen molar-refractivity contribution in [2.75, 3.05) is 0 Å². The molecule has 5 heteroatoms. The molecule has 1 unspecified atom stereocenters. The van der Waals surface area contributed by atoms with Crippen molar-refractivity contribution in [2.45, 2.75) is 25.2 Å². The number of hydrogen-bond donors (Lipinski definition) is 0. The van der Waals surface area contributed by atoms with Crippen LogP contribution in [0, 0.1) is 17.1 Å². The number of aromatic nitrogens is 2. The first kappa shape index (κ1) is 15.6. The topological polar surface area (TPSA) is 50.8 Å². The van der Waals surface area contributed by atoms with Crippen LogP contribution < -0.4 is 0 Å². The highest BCUT2D eigenvalue weighted by Gasteiger charge is 2.41. The Balaban J connectivity index is 1.78. The highest BCUT2D eigenvalue weighted by molar-refractivity contribution is 5.47. The number of rotatable bonds is 4. The number of nitriles is 1. The van der Waals surface area contributed by atoms with Crippen LogP contribution in [0.3, 0.4) is 0 Å². The summed E-state index contributed by atoms with van der Waals surface area (Å²) in [7, 11) is 0. The monoisotopic (exact) mass is 333 g/mol. The van der Waals surface area contributed by atoms with Gasteiger partial charge in [0.15, 0.2) is 0 Å². The molecule has 0 saturated carbocycles. The van der Waals surface area contributed by atoms with Crippen molar-refractivity contribution in [1.82, 2.24) is 9.55 Å². The maximum atomic E-state index is 13.4. The van der Waals surface area contributed by atoms with Gasteiger partial charge in [-0.15, -0.1) is 0 Å². The second-order valence-electron chi connectivity index (χ2n) is 6.16. The maximum absolute atomic E-state index is 13.4. The van der Waals surface area contributed by atoms with Gasteiger partial charge in [0.2, 0.25) is 0 Å². The lowest BCUT2D eigenvalue weighted by Crippen LogP contribution is -2.28. The first-order valence-corrected chi connectivity index (χ1v) is 8.10. The fraction of sp³-hybridized carbons (Fsp3) is 0.200. The highest BCUT2D eigenvalue weighted by Crippen LogP contribution is 2.45. The van der Waals surface area contributed by atoms with Gasteiger partial charge in [-0.25, -0.2) is 9.37 Å². The van der Waals surface area contributed by atoms with E-state index in [0.717, 1.165) is 23.2 Å². The first-order chi connectivity index (χ1) is 12.2. The SMILES string of the molecule is N#Cc1ccc2c(c1)COC2(CCn1ccnc1)c1ccc(F)cc1. The summed E-state index contributed by atoms with van der Waals surface area (Å²) in [5, 5.41) is 9.13. The molecule has 1 aromatic heterocycles. The number of aryl methyl sites for hydroxylation is 1. The van der Waals surface area contributed by atoms with E-state index in [1.165, 1.54) is 12.1 Å². The number of nitrogens with zero attached hydrogens (tertiary/aromatic N) is 3. The Labute approximate surface area is 145 Å². The molecule has 2 aromatic carbocycles. The second kappa shape index (κ2) is 6.15. The number of imidazole rings is 1. The van der Waals surface area contributed by atoms with Crippen LogP contribution in [0.4, 0.5) is 4.39 Å². The van der Waals surface area contributed by atoms with Crippen molar-refractivity contribution in [3.63, 3.8) is 0 Å². The van der Waals surface area contributed by atoms with Crippen LogP contribution >= 0.6 is 0 Å². The molecular formula is C20H16FN3O. The van der Waals surface area contributed by atoms with Gasteiger partial charge in [-0.05, 0) is 41.0 Å². The van der Waals surface area contributed by atoms with Crippen LogP contribution in [-0.2, 0) is 23.5 Å². The molecule has 0 bridgehead atoms. The Bertz CT molecular complexity index is 929. The third kappa shape index (κ3) is 2.71. The molecule has 3 aromatic rings. The van der Waals surface area contributed by atoms with Crippen molar-refractivity contribution >= 4 is 0 Å². The van der Waals surface area contributed by atoms with Crippen LogP contribution in [-0.4, -0.2) is 9.55 Å². The summed E-state index contributed by atoms with van der Waals surface area (Å²) in [5.74, 6) is -0.272. The van der Waals surface area contributed by atoms with E-state index in [0.29, 0.717) is 18.6 Å². The van der Waals surface area contributed by atoms with E-state index < -0.39 is 5.60 Å². The smallest absolute Gasteiger partial charge is 0.123 e. The van der Waals surface area contributed by atoms with E-state index in [2.05, 4.69) is 11.1 Å². The third-order valence-electron chi connectivity index (χ3n) is 4.74. The predicted molar refractivity (Wildman–Crippen MR) is 90.0 cm³/mol. The zero-order valence-corrected chi connectivity index (χ0v) is 13.5. The maximum Gasteiger partial charge on any atom is 0.123 e. The molecule has 0 radical (unpaired) electrons. The zero-order valence-electron chi connectivity index (χ0n) is 13.5. The Morgan fingerprint density at radius 2 is 2.08 bits per heavy atom. The van der Waals surface area contributed by atoms with Crippen LogP contribution in [0.25, 0.3) is 0 Å². The quantitative estimate of drug-likeness (QED) is 0.730.